The molecular formula is C13H13FN4S. The van der Waals surface area contributed by atoms with Crippen LogP contribution in [-0.4, -0.2) is 14.5 Å². The Labute approximate surface area is 113 Å². The molecule has 2 aromatic heterocycles. The van der Waals surface area contributed by atoms with Crippen LogP contribution in [0.1, 0.15) is 13.3 Å². The first kappa shape index (κ1) is 12.1. The Hall–Kier alpha value is -1.95. The zero-order valence-corrected chi connectivity index (χ0v) is 11.2. The van der Waals surface area contributed by atoms with Gasteiger partial charge < -0.3 is 10.3 Å². The highest BCUT2D eigenvalue weighted by atomic mass is 32.1. The molecule has 3 rings (SSSR count). The van der Waals surface area contributed by atoms with E-state index in [0.29, 0.717) is 10.6 Å². The number of hydrogen-bond acceptors (Lipinski definition) is 4. The summed E-state index contributed by atoms with van der Waals surface area (Å²) in [5.74, 6) is 0.466. The number of anilines is 1. The van der Waals surface area contributed by atoms with E-state index >= 15 is 0 Å². The van der Waals surface area contributed by atoms with E-state index in [-0.39, 0.29) is 5.82 Å². The molecule has 0 aliphatic heterocycles. The Balaban J connectivity index is 2.25. The Kier molecular flexibility index (Phi) is 2.94. The summed E-state index contributed by atoms with van der Waals surface area (Å²) in [6, 6.07) is 4.66. The number of nitrogens with zero attached hydrogens (tertiary/aromatic N) is 3. The van der Waals surface area contributed by atoms with Crippen LogP contribution in [0.5, 0.6) is 0 Å². The van der Waals surface area contributed by atoms with Crippen LogP contribution in [-0.2, 0) is 6.54 Å². The van der Waals surface area contributed by atoms with Crippen molar-refractivity contribution in [3.05, 3.63) is 29.4 Å². The molecule has 0 aliphatic rings. The highest BCUT2D eigenvalue weighted by Crippen LogP contribution is 2.27. The maximum absolute atomic E-state index is 13.3. The first-order chi connectivity index (χ1) is 9.19. The number of fused-ring (bicyclic) bond motifs is 1. The Morgan fingerprint density at radius 3 is 2.89 bits per heavy atom. The number of nitrogens with two attached hydrogens (primary N) is 1. The van der Waals surface area contributed by atoms with Crippen LogP contribution >= 0.6 is 11.3 Å². The molecular weight excluding hydrogens is 263 g/mol. The van der Waals surface area contributed by atoms with Crippen molar-refractivity contribution in [2.24, 2.45) is 0 Å². The lowest BCUT2D eigenvalue weighted by Gasteiger charge is -2.05. The van der Waals surface area contributed by atoms with Crippen molar-refractivity contribution in [2.75, 3.05) is 5.73 Å². The van der Waals surface area contributed by atoms with Gasteiger partial charge in [0.15, 0.2) is 11.0 Å². The summed E-state index contributed by atoms with van der Waals surface area (Å²) in [6.07, 6.45) is 0.968. The fourth-order valence-corrected chi connectivity index (χ4v) is 2.68. The van der Waals surface area contributed by atoms with Crippen LogP contribution in [0.4, 0.5) is 9.52 Å². The van der Waals surface area contributed by atoms with Gasteiger partial charge in [0.2, 0.25) is 0 Å². The molecule has 0 radical (unpaired) electrons. The maximum atomic E-state index is 13.3. The van der Waals surface area contributed by atoms with Crippen molar-refractivity contribution in [2.45, 2.75) is 19.9 Å². The number of nitrogen functional groups attached to an aromatic ring is 1. The lowest BCUT2D eigenvalue weighted by Crippen LogP contribution is -2.00. The molecule has 0 aliphatic carbocycles. The van der Waals surface area contributed by atoms with Crippen molar-refractivity contribution in [1.82, 2.24) is 14.5 Å². The molecule has 0 saturated carbocycles. The molecule has 0 fully saturated rings. The van der Waals surface area contributed by atoms with E-state index in [4.69, 9.17) is 5.73 Å². The summed E-state index contributed by atoms with van der Waals surface area (Å²) >= 11 is 1.38. The average Bonchev–Trinajstić information content (AvgIpc) is 2.94. The SMILES string of the molecule is CCCn1c(-c2csc(N)n2)nc2cc(F)ccc21. The minimum Gasteiger partial charge on any atom is -0.375 e. The summed E-state index contributed by atoms with van der Waals surface area (Å²) in [5.41, 5.74) is 7.98. The molecule has 1 aromatic carbocycles. The van der Waals surface area contributed by atoms with Gasteiger partial charge in [-0.05, 0) is 18.6 Å². The molecule has 0 amide bonds. The molecule has 19 heavy (non-hydrogen) atoms. The van der Waals surface area contributed by atoms with Gasteiger partial charge in [0, 0.05) is 18.0 Å². The van der Waals surface area contributed by atoms with E-state index in [1.165, 1.54) is 23.5 Å². The quantitative estimate of drug-likeness (QED) is 0.798. The number of hydrogen-bond donors (Lipinski definition) is 1. The summed E-state index contributed by atoms with van der Waals surface area (Å²) in [7, 11) is 0. The zero-order chi connectivity index (χ0) is 13.4. The minimum atomic E-state index is -0.280. The van der Waals surface area contributed by atoms with Crippen LogP contribution < -0.4 is 5.73 Å². The Morgan fingerprint density at radius 2 is 2.21 bits per heavy atom. The number of thiazole rings is 1. The summed E-state index contributed by atoms with van der Waals surface area (Å²) < 4.78 is 15.3. The molecule has 0 atom stereocenters. The highest BCUT2D eigenvalue weighted by molar-refractivity contribution is 7.13. The van der Waals surface area contributed by atoms with Gasteiger partial charge in [0.05, 0.1) is 11.0 Å². The van der Waals surface area contributed by atoms with Gasteiger partial charge in [0.1, 0.15) is 11.5 Å². The van der Waals surface area contributed by atoms with Crippen LogP contribution in [0.25, 0.3) is 22.6 Å². The van der Waals surface area contributed by atoms with Gasteiger partial charge in [-0.1, -0.05) is 6.92 Å². The summed E-state index contributed by atoms with van der Waals surface area (Å²) in [4.78, 5) is 8.75. The molecule has 0 saturated heterocycles. The van der Waals surface area contributed by atoms with Crippen molar-refractivity contribution in [3.63, 3.8) is 0 Å². The number of aryl methyl sites for hydroxylation is 1. The van der Waals surface area contributed by atoms with Crippen LogP contribution in [0, 0.1) is 5.82 Å². The number of halogens is 1. The fourth-order valence-electron chi connectivity index (χ4n) is 2.14. The van der Waals surface area contributed by atoms with Gasteiger partial charge in [-0.3, -0.25) is 0 Å². The first-order valence-electron chi connectivity index (χ1n) is 6.06. The summed E-state index contributed by atoms with van der Waals surface area (Å²) in [6.45, 7) is 2.91. The van der Waals surface area contributed by atoms with E-state index < -0.39 is 0 Å². The highest BCUT2D eigenvalue weighted by Gasteiger charge is 2.14. The van der Waals surface area contributed by atoms with E-state index in [9.17, 15) is 4.39 Å². The Morgan fingerprint density at radius 1 is 1.37 bits per heavy atom. The van der Waals surface area contributed by atoms with Crippen LogP contribution in [0.15, 0.2) is 23.6 Å². The largest absolute Gasteiger partial charge is 0.375 e. The van der Waals surface area contributed by atoms with E-state index in [1.54, 1.807) is 6.07 Å². The van der Waals surface area contributed by atoms with E-state index in [2.05, 4.69) is 21.5 Å². The van der Waals surface area contributed by atoms with Crippen molar-refractivity contribution >= 4 is 27.5 Å². The van der Waals surface area contributed by atoms with E-state index in [1.807, 2.05) is 5.38 Å². The smallest absolute Gasteiger partial charge is 0.180 e. The predicted molar refractivity (Wildman–Crippen MR) is 75.5 cm³/mol. The van der Waals surface area contributed by atoms with Crippen LogP contribution in [0.2, 0.25) is 0 Å². The number of imidazole rings is 1. The predicted octanol–water partition coefficient (Wildman–Crippen LogP) is 3.29. The van der Waals surface area contributed by atoms with Crippen LogP contribution in [0.3, 0.4) is 0 Å². The maximum Gasteiger partial charge on any atom is 0.180 e. The molecule has 2 heterocycles. The topological polar surface area (TPSA) is 56.7 Å². The standard InChI is InChI=1S/C13H13FN4S/c1-2-5-18-11-4-3-8(14)6-9(11)16-12(18)10-7-19-13(15)17-10/h3-4,6-7H,2,5H2,1H3,(H2,15,17). The van der Waals surface area contributed by atoms with E-state index in [0.717, 1.165) is 30.0 Å². The summed E-state index contributed by atoms with van der Waals surface area (Å²) in [5, 5.41) is 2.38. The third kappa shape index (κ3) is 2.08. The van der Waals surface area contributed by atoms with Gasteiger partial charge in [-0.2, -0.15) is 0 Å². The first-order valence-corrected chi connectivity index (χ1v) is 6.94. The average molecular weight is 276 g/mol. The second-order valence-electron chi connectivity index (χ2n) is 4.29. The molecule has 4 nitrogen and oxygen atoms in total. The van der Waals surface area contributed by atoms with Crippen molar-refractivity contribution < 1.29 is 4.39 Å². The lowest BCUT2D eigenvalue weighted by molar-refractivity contribution is 0.629. The fraction of sp³-hybridized carbons (Fsp3) is 0.231. The Bertz CT molecular complexity index is 731. The van der Waals surface area contributed by atoms with Gasteiger partial charge >= 0.3 is 0 Å². The second-order valence-corrected chi connectivity index (χ2v) is 5.18. The van der Waals surface area contributed by atoms with Gasteiger partial charge in [-0.15, -0.1) is 11.3 Å². The number of rotatable bonds is 3. The molecule has 2 N–H and O–H groups in total. The number of aromatic nitrogens is 3. The van der Waals surface area contributed by atoms with Gasteiger partial charge in [0.25, 0.3) is 0 Å². The molecule has 0 bridgehead atoms. The molecule has 6 heteroatoms. The molecule has 0 unspecified atom stereocenters. The van der Waals surface area contributed by atoms with Crippen molar-refractivity contribution in [3.8, 4) is 11.5 Å². The van der Waals surface area contributed by atoms with Crippen molar-refractivity contribution in [1.29, 1.82) is 0 Å². The molecule has 0 spiro atoms. The second kappa shape index (κ2) is 4.62. The lowest BCUT2D eigenvalue weighted by atomic mass is 10.3. The minimum absolute atomic E-state index is 0.280. The third-order valence-electron chi connectivity index (χ3n) is 2.91. The third-order valence-corrected chi connectivity index (χ3v) is 3.58. The molecule has 3 aromatic rings. The number of benzene rings is 1. The normalized spacial score (nSPS) is 11.3. The molecule has 98 valence electrons. The van der Waals surface area contributed by atoms with Gasteiger partial charge in [-0.25, -0.2) is 14.4 Å². The monoisotopic (exact) mass is 276 g/mol. The zero-order valence-electron chi connectivity index (χ0n) is 10.4.